The van der Waals surface area contributed by atoms with Crippen LogP contribution in [0.2, 0.25) is 0 Å². The molecule has 1 unspecified atom stereocenters. The van der Waals surface area contributed by atoms with Crippen molar-refractivity contribution in [1.82, 2.24) is 0 Å². The average molecular weight is 192 g/mol. The zero-order valence-corrected chi connectivity index (χ0v) is 8.16. The van der Waals surface area contributed by atoms with E-state index in [9.17, 15) is 9.18 Å². The molecule has 2 heteroatoms. The number of halogens is 1. The molecule has 14 heavy (non-hydrogen) atoms. The van der Waals surface area contributed by atoms with Crippen LogP contribution in [0.5, 0.6) is 0 Å². The third kappa shape index (κ3) is 2.80. The van der Waals surface area contributed by atoms with E-state index in [1.807, 2.05) is 0 Å². The number of Topliss-reactive ketones (excluding diaryl/α,β-unsaturated/α-hetero) is 1. The highest BCUT2D eigenvalue weighted by Gasteiger charge is 2.10. The fourth-order valence-corrected chi connectivity index (χ4v) is 1.38. The molecule has 0 aromatic heterocycles. The van der Waals surface area contributed by atoms with Gasteiger partial charge in [0.05, 0.1) is 0 Å². The summed E-state index contributed by atoms with van der Waals surface area (Å²) in [5.41, 5.74) is 0.801. The lowest BCUT2D eigenvalue weighted by Gasteiger charge is -2.10. The van der Waals surface area contributed by atoms with Crippen molar-refractivity contribution in [3.05, 3.63) is 48.3 Å². The van der Waals surface area contributed by atoms with Gasteiger partial charge in [-0.3, -0.25) is 4.79 Å². The van der Waals surface area contributed by atoms with Crippen molar-refractivity contribution in [1.29, 1.82) is 0 Å². The molecule has 1 nitrogen and oxygen atoms in total. The first-order chi connectivity index (χ1) is 6.63. The Morgan fingerprint density at radius 3 is 2.86 bits per heavy atom. The fraction of sp³-hybridized carbons (Fsp3) is 0.250. The zero-order valence-electron chi connectivity index (χ0n) is 8.16. The SMILES string of the molecule is C=CC(CC(C)=O)c1cccc(F)c1. The van der Waals surface area contributed by atoms with Crippen molar-refractivity contribution in [2.24, 2.45) is 0 Å². The Hall–Kier alpha value is -1.44. The Balaban J connectivity index is 2.89. The number of carbonyl (C=O) groups is 1. The van der Waals surface area contributed by atoms with Gasteiger partial charge in [-0.25, -0.2) is 4.39 Å². The molecule has 1 aromatic rings. The number of rotatable bonds is 4. The van der Waals surface area contributed by atoms with E-state index in [-0.39, 0.29) is 17.5 Å². The highest BCUT2D eigenvalue weighted by molar-refractivity contribution is 5.76. The molecule has 0 aliphatic rings. The highest BCUT2D eigenvalue weighted by atomic mass is 19.1. The third-order valence-corrected chi connectivity index (χ3v) is 2.07. The zero-order chi connectivity index (χ0) is 10.6. The Bertz CT molecular complexity index is 344. The van der Waals surface area contributed by atoms with Crippen molar-refractivity contribution < 1.29 is 9.18 Å². The van der Waals surface area contributed by atoms with Crippen molar-refractivity contribution in [3.8, 4) is 0 Å². The minimum Gasteiger partial charge on any atom is -0.300 e. The van der Waals surface area contributed by atoms with Gasteiger partial charge in [0.2, 0.25) is 0 Å². The summed E-state index contributed by atoms with van der Waals surface area (Å²) in [5, 5.41) is 0. The molecule has 0 amide bonds. The molecule has 0 saturated heterocycles. The smallest absolute Gasteiger partial charge is 0.130 e. The van der Waals surface area contributed by atoms with E-state index in [1.165, 1.54) is 19.1 Å². The normalized spacial score (nSPS) is 12.1. The van der Waals surface area contributed by atoms with Gasteiger partial charge in [0.15, 0.2) is 0 Å². The fourth-order valence-electron chi connectivity index (χ4n) is 1.38. The second-order valence-electron chi connectivity index (χ2n) is 3.30. The maximum Gasteiger partial charge on any atom is 0.130 e. The molecule has 1 rings (SSSR count). The maximum atomic E-state index is 12.9. The van der Waals surface area contributed by atoms with Crippen LogP contribution in [-0.4, -0.2) is 5.78 Å². The van der Waals surface area contributed by atoms with Gasteiger partial charge in [-0.15, -0.1) is 6.58 Å². The van der Waals surface area contributed by atoms with E-state index in [2.05, 4.69) is 6.58 Å². The molecule has 0 radical (unpaired) electrons. The van der Waals surface area contributed by atoms with Crippen LogP contribution in [0.15, 0.2) is 36.9 Å². The van der Waals surface area contributed by atoms with Crippen LogP contribution in [0.4, 0.5) is 4.39 Å². The van der Waals surface area contributed by atoms with Crippen LogP contribution in [0, 0.1) is 5.82 Å². The summed E-state index contributed by atoms with van der Waals surface area (Å²) >= 11 is 0. The first-order valence-electron chi connectivity index (χ1n) is 4.51. The van der Waals surface area contributed by atoms with E-state index in [0.29, 0.717) is 6.42 Å². The predicted molar refractivity (Wildman–Crippen MR) is 54.6 cm³/mol. The van der Waals surface area contributed by atoms with Gasteiger partial charge < -0.3 is 0 Å². The Morgan fingerprint density at radius 2 is 2.36 bits per heavy atom. The second-order valence-corrected chi connectivity index (χ2v) is 3.30. The van der Waals surface area contributed by atoms with Gasteiger partial charge in [-0.05, 0) is 24.6 Å². The standard InChI is InChI=1S/C12H13FO/c1-3-10(7-9(2)14)11-5-4-6-12(13)8-11/h3-6,8,10H,1,7H2,2H3. The maximum absolute atomic E-state index is 12.9. The van der Waals surface area contributed by atoms with Crippen LogP contribution < -0.4 is 0 Å². The molecule has 0 saturated carbocycles. The second kappa shape index (κ2) is 4.70. The number of hydrogen-bond donors (Lipinski definition) is 0. The molecule has 0 fully saturated rings. The van der Waals surface area contributed by atoms with Crippen molar-refractivity contribution in [3.63, 3.8) is 0 Å². The molecule has 1 atom stereocenters. The first kappa shape index (κ1) is 10.6. The van der Waals surface area contributed by atoms with E-state index >= 15 is 0 Å². The van der Waals surface area contributed by atoms with E-state index in [1.54, 1.807) is 18.2 Å². The largest absolute Gasteiger partial charge is 0.300 e. The molecule has 0 N–H and O–H groups in total. The summed E-state index contributed by atoms with van der Waals surface area (Å²) in [4.78, 5) is 10.9. The van der Waals surface area contributed by atoms with E-state index < -0.39 is 0 Å². The molecule has 0 spiro atoms. The van der Waals surface area contributed by atoms with E-state index in [4.69, 9.17) is 0 Å². The summed E-state index contributed by atoms with van der Waals surface area (Å²) < 4.78 is 12.9. The van der Waals surface area contributed by atoms with Crippen molar-refractivity contribution in [2.75, 3.05) is 0 Å². The minimum atomic E-state index is -0.280. The molecular weight excluding hydrogens is 179 g/mol. The number of ketones is 1. The quantitative estimate of drug-likeness (QED) is 0.670. The molecule has 0 aliphatic carbocycles. The Morgan fingerprint density at radius 1 is 1.64 bits per heavy atom. The van der Waals surface area contributed by atoms with Gasteiger partial charge in [0.1, 0.15) is 11.6 Å². The molecule has 0 bridgehead atoms. The van der Waals surface area contributed by atoms with Gasteiger partial charge >= 0.3 is 0 Å². The van der Waals surface area contributed by atoms with Gasteiger partial charge in [-0.1, -0.05) is 18.2 Å². The summed E-state index contributed by atoms with van der Waals surface area (Å²) in [7, 11) is 0. The van der Waals surface area contributed by atoms with Gasteiger partial charge in [0, 0.05) is 12.3 Å². The summed E-state index contributed by atoms with van der Waals surface area (Å²) in [5.74, 6) is -0.278. The van der Waals surface area contributed by atoms with Crippen LogP contribution in [0.3, 0.4) is 0 Å². The Kier molecular flexibility index (Phi) is 3.57. The Labute approximate surface area is 83.3 Å². The van der Waals surface area contributed by atoms with Crippen LogP contribution in [0.1, 0.15) is 24.8 Å². The molecular formula is C12H13FO. The lowest BCUT2D eigenvalue weighted by Crippen LogP contribution is -2.01. The molecule has 74 valence electrons. The van der Waals surface area contributed by atoms with Crippen LogP contribution in [0.25, 0.3) is 0 Å². The number of allylic oxidation sites excluding steroid dienone is 1. The van der Waals surface area contributed by atoms with Gasteiger partial charge in [-0.2, -0.15) is 0 Å². The van der Waals surface area contributed by atoms with Crippen LogP contribution >= 0.6 is 0 Å². The topological polar surface area (TPSA) is 17.1 Å². The lowest BCUT2D eigenvalue weighted by molar-refractivity contribution is -0.117. The first-order valence-corrected chi connectivity index (χ1v) is 4.51. The third-order valence-electron chi connectivity index (χ3n) is 2.07. The van der Waals surface area contributed by atoms with E-state index in [0.717, 1.165) is 5.56 Å². The summed E-state index contributed by atoms with van der Waals surface area (Å²) in [6.45, 7) is 5.17. The molecule has 1 aromatic carbocycles. The average Bonchev–Trinajstić information content (AvgIpc) is 2.14. The van der Waals surface area contributed by atoms with Crippen LogP contribution in [-0.2, 0) is 4.79 Å². The number of carbonyl (C=O) groups excluding carboxylic acids is 1. The highest BCUT2D eigenvalue weighted by Crippen LogP contribution is 2.21. The minimum absolute atomic E-state index is 0.0804. The van der Waals surface area contributed by atoms with Crippen molar-refractivity contribution >= 4 is 5.78 Å². The molecule has 0 heterocycles. The van der Waals surface area contributed by atoms with Gasteiger partial charge in [0.25, 0.3) is 0 Å². The predicted octanol–water partition coefficient (Wildman–Crippen LogP) is 3.07. The van der Waals surface area contributed by atoms with Crippen molar-refractivity contribution in [2.45, 2.75) is 19.3 Å². The number of benzene rings is 1. The summed E-state index contributed by atoms with van der Waals surface area (Å²) in [6.07, 6.45) is 2.06. The number of hydrogen-bond acceptors (Lipinski definition) is 1. The monoisotopic (exact) mass is 192 g/mol. The summed E-state index contributed by atoms with van der Waals surface area (Å²) in [6, 6.07) is 6.27. The molecule has 0 aliphatic heterocycles. The lowest BCUT2D eigenvalue weighted by atomic mass is 9.94.